The van der Waals surface area contributed by atoms with Crippen LogP contribution in [0.4, 0.5) is 0 Å². The normalized spacial score (nSPS) is 31.4. The van der Waals surface area contributed by atoms with Crippen LogP contribution >= 0.6 is 0 Å². The number of rotatable bonds is 7. The minimum atomic E-state index is 0.138. The molecule has 3 nitrogen and oxygen atoms in total. The van der Waals surface area contributed by atoms with Crippen LogP contribution in [0.1, 0.15) is 58.8 Å². The van der Waals surface area contributed by atoms with E-state index in [2.05, 4.69) is 19.2 Å². The summed E-state index contributed by atoms with van der Waals surface area (Å²) in [6.45, 7) is 5.40. The van der Waals surface area contributed by atoms with E-state index in [9.17, 15) is 0 Å². The van der Waals surface area contributed by atoms with Gasteiger partial charge in [0.2, 0.25) is 0 Å². The first-order chi connectivity index (χ1) is 8.15. The predicted molar refractivity (Wildman–Crippen MR) is 73.0 cm³/mol. The van der Waals surface area contributed by atoms with Crippen molar-refractivity contribution in [1.82, 2.24) is 5.32 Å². The van der Waals surface area contributed by atoms with Crippen LogP contribution < -0.4 is 11.1 Å². The summed E-state index contributed by atoms with van der Waals surface area (Å²) in [4.78, 5) is 0. The van der Waals surface area contributed by atoms with Gasteiger partial charge in [-0.3, -0.25) is 0 Å². The van der Waals surface area contributed by atoms with Crippen LogP contribution in [0, 0.1) is 5.92 Å². The van der Waals surface area contributed by atoms with Crippen molar-refractivity contribution in [2.45, 2.75) is 70.4 Å². The minimum absolute atomic E-state index is 0.138. The third kappa shape index (κ3) is 4.57. The van der Waals surface area contributed by atoms with E-state index in [-0.39, 0.29) is 12.1 Å². The number of nitrogens with one attached hydrogen (secondary N) is 1. The van der Waals surface area contributed by atoms with Crippen LogP contribution in [-0.4, -0.2) is 29.8 Å². The first-order valence-electron chi connectivity index (χ1n) is 7.24. The second-order valence-electron chi connectivity index (χ2n) is 5.77. The van der Waals surface area contributed by atoms with Gasteiger partial charge in [-0.25, -0.2) is 0 Å². The summed E-state index contributed by atoms with van der Waals surface area (Å²) in [5.74, 6) is 0.912. The summed E-state index contributed by atoms with van der Waals surface area (Å²) < 4.78 is 0. The van der Waals surface area contributed by atoms with Crippen LogP contribution in [-0.2, 0) is 0 Å². The zero-order valence-electron chi connectivity index (χ0n) is 11.5. The maximum atomic E-state index is 8.96. The lowest BCUT2D eigenvalue weighted by molar-refractivity contribution is 0.162. The van der Waals surface area contributed by atoms with Gasteiger partial charge in [0.15, 0.2) is 0 Å². The largest absolute Gasteiger partial charge is 0.396 e. The molecule has 0 bridgehead atoms. The number of hydrogen-bond donors (Lipinski definition) is 3. The van der Waals surface area contributed by atoms with Gasteiger partial charge in [0.1, 0.15) is 0 Å². The highest BCUT2D eigenvalue weighted by molar-refractivity contribution is 4.95. The minimum Gasteiger partial charge on any atom is -0.396 e. The average molecular weight is 242 g/mol. The number of aliphatic hydroxyl groups excluding tert-OH is 1. The van der Waals surface area contributed by atoms with Crippen LogP contribution in [0.25, 0.3) is 0 Å². The Morgan fingerprint density at radius 3 is 2.53 bits per heavy atom. The molecule has 0 heterocycles. The molecule has 1 unspecified atom stereocenters. The van der Waals surface area contributed by atoms with Gasteiger partial charge in [0.05, 0.1) is 0 Å². The van der Waals surface area contributed by atoms with Gasteiger partial charge in [-0.1, -0.05) is 19.8 Å². The Bertz CT molecular complexity index is 200. The van der Waals surface area contributed by atoms with Crippen LogP contribution in [0.2, 0.25) is 0 Å². The molecule has 1 atom stereocenters. The monoisotopic (exact) mass is 242 g/mol. The van der Waals surface area contributed by atoms with Crippen molar-refractivity contribution in [3.05, 3.63) is 0 Å². The van der Waals surface area contributed by atoms with Crippen molar-refractivity contribution < 1.29 is 5.11 Å². The molecule has 17 heavy (non-hydrogen) atoms. The SMILES string of the molecule is CCCC1CCC(CN)(NC(C)CCO)CC1. The fraction of sp³-hybridized carbons (Fsp3) is 1.00. The van der Waals surface area contributed by atoms with Crippen LogP contribution in [0.3, 0.4) is 0 Å². The highest BCUT2D eigenvalue weighted by Gasteiger charge is 2.34. The number of hydrogen-bond acceptors (Lipinski definition) is 3. The fourth-order valence-electron chi connectivity index (χ4n) is 3.12. The summed E-state index contributed by atoms with van der Waals surface area (Å²) in [7, 11) is 0. The molecule has 0 amide bonds. The van der Waals surface area contributed by atoms with Gasteiger partial charge in [-0.15, -0.1) is 0 Å². The molecule has 1 fully saturated rings. The highest BCUT2D eigenvalue weighted by atomic mass is 16.3. The van der Waals surface area contributed by atoms with E-state index in [1.54, 1.807) is 0 Å². The molecule has 0 spiro atoms. The molecule has 4 N–H and O–H groups in total. The Morgan fingerprint density at radius 2 is 2.06 bits per heavy atom. The topological polar surface area (TPSA) is 58.3 Å². The maximum absolute atomic E-state index is 8.96. The first kappa shape index (κ1) is 14.9. The van der Waals surface area contributed by atoms with E-state index in [0.717, 1.165) is 18.9 Å². The summed E-state index contributed by atoms with van der Waals surface area (Å²) in [5, 5.41) is 12.6. The Morgan fingerprint density at radius 1 is 1.41 bits per heavy atom. The zero-order chi connectivity index (χ0) is 12.7. The van der Waals surface area contributed by atoms with Crippen molar-refractivity contribution in [3.63, 3.8) is 0 Å². The van der Waals surface area contributed by atoms with Gasteiger partial charge in [0, 0.05) is 24.7 Å². The maximum Gasteiger partial charge on any atom is 0.0445 e. The van der Waals surface area contributed by atoms with E-state index in [1.165, 1.54) is 38.5 Å². The second kappa shape index (κ2) is 7.34. The summed E-state index contributed by atoms with van der Waals surface area (Å²) in [5.41, 5.74) is 6.11. The Kier molecular flexibility index (Phi) is 6.45. The molecule has 102 valence electrons. The van der Waals surface area contributed by atoms with Crippen molar-refractivity contribution in [1.29, 1.82) is 0 Å². The van der Waals surface area contributed by atoms with Crippen LogP contribution in [0.5, 0.6) is 0 Å². The van der Waals surface area contributed by atoms with E-state index < -0.39 is 0 Å². The number of nitrogens with two attached hydrogens (primary N) is 1. The van der Waals surface area contributed by atoms with E-state index in [4.69, 9.17) is 10.8 Å². The van der Waals surface area contributed by atoms with Crippen molar-refractivity contribution in [3.8, 4) is 0 Å². The lowest BCUT2D eigenvalue weighted by Crippen LogP contribution is -2.56. The molecule has 0 aromatic rings. The number of aliphatic hydroxyl groups is 1. The zero-order valence-corrected chi connectivity index (χ0v) is 11.5. The van der Waals surface area contributed by atoms with Crippen LogP contribution in [0.15, 0.2) is 0 Å². The first-order valence-corrected chi connectivity index (χ1v) is 7.24. The molecule has 1 aliphatic rings. The van der Waals surface area contributed by atoms with Gasteiger partial charge in [0.25, 0.3) is 0 Å². The standard InChI is InChI=1S/C14H30N2O/c1-3-4-13-5-8-14(11-15,9-6-13)16-12(2)7-10-17/h12-13,16-17H,3-11,15H2,1-2H3. The molecule has 0 saturated heterocycles. The molecule has 3 heteroatoms. The summed E-state index contributed by atoms with van der Waals surface area (Å²) >= 11 is 0. The second-order valence-corrected chi connectivity index (χ2v) is 5.77. The van der Waals surface area contributed by atoms with E-state index >= 15 is 0 Å². The highest BCUT2D eigenvalue weighted by Crippen LogP contribution is 2.34. The lowest BCUT2D eigenvalue weighted by atomic mass is 9.74. The van der Waals surface area contributed by atoms with E-state index in [0.29, 0.717) is 6.04 Å². The molecule has 1 rings (SSSR count). The predicted octanol–water partition coefficient (Wildman–Crippen LogP) is 2.03. The summed E-state index contributed by atoms with van der Waals surface area (Å²) in [6.07, 6.45) is 8.50. The Balaban J connectivity index is 2.43. The van der Waals surface area contributed by atoms with Crippen molar-refractivity contribution >= 4 is 0 Å². The lowest BCUT2D eigenvalue weighted by Gasteiger charge is -2.42. The van der Waals surface area contributed by atoms with Crippen molar-refractivity contribution in [2.75, 3.05) is 13.2 Å². The Hall–Kier alpha value is -0.120. The summed E-state index contributed by atoms with van der Waals surface area (Å²) in [6, 6.07) is 0.367. The van der Waals surface area contributed by atoms with Gasteiger partial charge in [-0.2, -0.15) is 0 Å². The third-order valence-corrected chi connectivity index (χ3v) is 4.26. The molecule has 0 radical (unpaired) electrons. The molecule has 0 aromatic heterocycles. The Labute approximate surface area is 106 Å². The molecule has 1 aliphatic carbocycles. The molecule has 0 aliphatic heterocycles. The van der Waals surface area contributed by atoms with Crippen molar-refractivity contribution in [2.24, 2.45) is 11.7 Å². The molecular formula is C14H30N2O. The van der Waals surface area contributed by atoms with E-state index in [1.807, 2.05) is 0 Å². The molecular weight excluding hydrogens is 212 g/mol. The fourth-order valence-corrected chi connectivity index (χ4v) is 3.12. The molecule has 1 saturated carbocycles. The smallest absolute Gasteiger partial charge is 0.0445 e. The third-order valence-electron chi connectivity index (χ3n) is 4.26. The van der Waals surface area contributed by atoms with Gasteiger partial charge >= 0.3 is 0 Å². The quantitative estimate of drug-likeness (QED) is 0.640. The van der Waals surface area contributed by atoms with Gasteiger partial charge in [-0.05, 0) is 44.9 Å². The van der Waals surface area contributed by atoms with Gasteiger partial charge < -0.3 is 16.2 Å². The average Bonchev–Trinajstić information content (AvgIpc) is 2.32. The molecule has 0 aromatic carbocycles.